The average Bonchev–Trinajstić information content (AvgIpc) is 3.61. The molecule has 6 rings (SSSR count). The normalized spacial score (nSPS) is 18.4. The van der Waals surface area contributed by atoms with Crippen LogP contribution in [0.25, 0.3) is 11.1 Å². The number of benzene rings is 3. The highest BCUT2D eigenvalue weighted by Gasteiger charge is 2.41. The second-order valence-electron chi connectivity index (χ2n) is 11.4. The smallest absolute Gasteiger partial charge is 0.408 e. The van der Waals surface area contributed by atoms with Crippen LogP contribution in [0.2, 0.25) is 0 Å². The van der Waals surface area contributed by atoms with Gasteiger partial charge < -0.3 is 25.6 Å². The number of hydrogen-bond donors (Lipinski definition) is 4. The summed E-state index contributed by atoms with van der Waals surface area (Å²) in [5.41, 5.74) is 5.85. The van der Waals surface area contributed by atoms with Crippen LogP contribution in [-0.4, -0.2) is 56.3 Å². The van der Waals surface area contributed by atoms with Gasteiger partial charge in [0.15, 0.2) is 6.10 Å². The summed E-state index contributed by atoms with van der Waals surface area (Å²) in [6.07, 6.45) is 1.48. The minimum absolute atomic E-state index is 0.298. The first-order chi connectivity index (χ1) is 21.8. The predicted octanol–water partition coefficient (Wildman–Crippen LogP) is 5.69. The van der Waals surface area contributed by atoms with Crippen LogP contribution >= 0.6 is 0 Å². The topological polar surface area (TPSA) is 141 Å². The van der Waals surface area contributed by atoms with Crippen LogP contribution in [0.4, 0.5) is 15.3 Å². The number of amides is 3. The zero-order valence-electron chi connectivity index (χ0n) is 24.7. The number of fused-ring (bicyclic) bond motifs is 3. The van der Waals surface area contributed by atoms with Gasteiger partial charge in [-0.05, 0) is 61.1 Å². The minimum Gasteiger partial charge on any atom is -0.465 e. The third-order valence-corrected chi connectivity index (χ3v) is 8.58. The Balaban J connectivity index is 1.03. The molecule has 1 aromatic heterocycles. The Morgan fingerprint density at radius 2 is 1.60 bits per heavy atom. The molecule has 3 amide bonds. The van der Waals surface area contributed by atoms with E-state index in [1.54, 1.807) is 43.6 Å². The average molecular weight is 607 g/mol. The van der Waals surface area contributed by atoms with E-state index in [-0.39, 0.29) is 6.04 Å². The van der Waals surface area contributed by atoms with Crippen LogP contribution in [0.3, 0.4) is 0 Å². The van der Waals surface area contributed by atoms with Gasteiger partial charge in [0.25, 0.3) is 0 Å². The highest BCUT2D eigenvalue weighted by Crippen LogP contribution is 2.45. The molecule has 0 spiro atoms. The third kappa shape index (κ3) is 6.23. The summed E-state index contributed by atoms with van der Waals surface area (Å²) < 4.78 is 5.79. The number of aliphatic hydroxyl groups is 1. The van der Waals surface area contributed by atoms with E-state index in [1.165, 1.54) is 4.90 Å². The fourth-order valence-electron chi connectivity index (χ4n) is 6.36. The van der Waals surface area contributed by atoms with E-state index in [0.717, 1.165) is 27.8 Å². The van der Waals surface area contributed by atoms with E-state index in [2.05, 4.69) is 15.6 Å². The molecule has 230 valence electrons. The molecular formula is C35H34N4O6. The number of nitrogens with zero attached hydrogens (tertiary/aromatic N) is 2. The third-order valence-electron chi connectivity index (χ3n) is 8.58. The van der Waals surface area contributed by atoms with E-state index < -0.39 is 42.4 Å². The number of pyridine rings is 1. The van der Waals surface area contributed by atoms with Crippen molar-refractivity contribution in [1.29, 1.82) is 0 Å². The lowest BCUT2D eigenvalue weighted by Gasteiger charge is -2.30. The minimum atomic E-state index is -1.07. The summed E-state index contributed by atoms with van der Waals surface area (Å²) in [4.78, 5) is 43.3. The van der Waals surface area contributed by atoms with Crippen molar-refractivity contribution in [1.82, 2.24) is 15.2 Å². The fraction of sp³-hybridized carbons (Fsp3) is 0.257. The molecule has 3 aromatic carbocycles. The summed E-state index contributed by atoms with van der Waals surface area (Å²) in [5.74, 6) is -0.410. The van der Waals surface area contributed by atoms with Crippen LogP contribution in [0.5, 0.6) is 0 Å². The lowest BCUT2D eigenvalue weighted by molar-refractivity contribution is -0.117. The molecule has 1 saturated heterocycles. The lowest BCUT2D eigenvalue weighted by Crippen LogP contribution is -2.44. The Labute approximate surface area is 260 Å². The van der Waals surface area contributed by atoms with Crippen molar-refractivity contribution in [2.75, 3.05) is 5.32 Å². The van der Waals surface area contributed by atoms with Gasteiger partial charge >= 0.3 is 12.2 Å². The first-order valence-electron chi connectivity index (χ1n) is 14.9. The molecule has 0 bridgehead atoms. The van der Waals surface area contributed by atoms with Gasteiger partial charge in [-0.3, -0.25) is 14.7 Å². The molecule has 0 unspecified atom stereocenters. The van der Waals surface area contributed by atoms with Crippen molar-refractivity contribution in [3.8, 4) is 11.1 Å². The van der Waals surface area contributed by atoms with E-state index in [0.29, 0.717) is 30.5 Å². The Bertz CT molecular complexity index is 1650. The van der Waals surface area contributed by atoms with E-state index >= 15 is 0 Å². The van der Waals surface area contributed by atoms with Gasteiger partial charge in [-0.1, -0.05) is 66.7 Å². The number of alkyl carbamates (subject to hydrolysis) is 1. The quantitative estimate of drug-likeness (QED) is 0.202. The molecule has 4 aromatic rings. The van der Waals surface area contributed by atoms with Gasteiger partial charge in [-0.15, -0.1) is 0 Å². The molecular weight excluding hydrogens is 572 g/mol. The maximum Gasteiger partial charge on any atom is 0.408 e. The number of rotatable bonds is 8. The highest BCUT2D eigenvalue weighted by molar-refractivity contribution is 5.96. The standard InChI is InChI=1S/C35H34N4O6/c1-21(37-34(42)45-32-28-10-4-2-8-26(28)27-9-3-5-11-29(27)32)33(41)38-24-14-12-22(13-15-24)19-25-16-17-30(39(25)35(43)44)31(40)23-7-6-18-36-20-23/h2-15,18,20-21,25,30-32,40H,16-17,19H2,1H3,(H,37,42)(H,38,41)(H,43,44)/t21-,25-,30+,31+/m0/s1. The zero-order chi connectivity index (χ0) is 31.5. The molecule has 2 aliphatic rings. The van der Waals surface area contributed by atoms with Gasteiger partial charge in [0.1, 0.15) is 12.1 Å². The second kappa shape index (κ2) is 12.8. The molecule has 1 aliphatic carbocycles. The fourth-order valence-corrected chi connectivity index (χ4v) is 6.36. The molecule has 1 fully saturated rings. The number of hydrogen-bond acceptors (Lipinski definition) is 6. The summed E-state index contributed by atoms with van der Waals surface area (Å²) in [7, 11) is 0. The number of carbonyl (C=O) groups excluding carboxylic acids is 2. The summed E-state index contributed by atoms with van der Waals surface area (Å²) in [6.45, 7) is 1.58. The Morgan fingerprint density at radius 1 is 0.933 bits per heavy atom. The summed E-state index contributed by atoms with van der Waals surface area (Å²) >= 11 is 0. The summed E-state index contributed by atoms with van der Waals surface area (Å²) in [5, 5.41) is 26.3. The number of aliphatic hydroxyl groups excluding tert-OH is 1. The molecule has 2 heterocycles. The molecule has 10 heteroatoms. The number of ether oxygens (including phenoxy) is 1. The van der Waals surface area contributed by atoms with Crippen molar-refractivity contribution in [2.24, 2.45) is 0 Å². The maximum atomic E-state index is 12.9. The van der Waals surface area contributed by atoms with E-state index in [9.17, 15) is 24.6 Å². The maximum absolute atomic E-state index is 12.9. The molecule has 0 saturated carbocycles. The molecule has 45 heavy (non-hydrogen) atoms. The molecule has 0 radical (unpaired) electrons. The number of aromatic nitrogens is 1. The zero-order valence-corrected chi connectivity index (χ0v) is 24.7. The van der Waals surface area contributed by atoms with Crippen molar-refractivity contribution in [3.05, 3.63) is 120 Å². The molecule has 4 atom stereocenters. The number of carboxylic acid groups (broad SMARTS) is 1. The Hall–Kier alpha value is -5.22. The van der Waals surface area contributed by atoms with Gasteiger partial charge in [0.05, 0.1) is 6.04 Å². The van der Waals surface area contributed by atoms with Crippen molar-refractivity contribution in [2.45, 2.75) is 56.5 Å². The molecule has 10 nitrogen and oxygen atoms in total. The van der Waals surface area contributed by atoms with Crippen LogP contribution in [0, 0.1) is 0 Å². The highest BCUT2D eigenvalue weighted by atomic mass is 16.6. The van der Waals surface area contributed by atoms with Gasteiger partial charge in [0, 0.05) is 40.8 Å². The first-order valence-corrected chi connectivity index (χ1v) is 14.9. The monoisotopic (exact) mass is 606 g/mol. The van der Waals surface area contributed by atoms with E-state index in [4.69, 9.17) is 4.74 Å². The lowest BCUT2D eigenvalue weighted by atomic mass is 10.0. The summed E-state index contributed by atoms with van der Waals surface area (Å²) in [6, 6.07) is 24.5. The van der Waals surface area contributed by atoms with Crippen molar-refractivity contribution >= 4 is 23.8 Å². The predicted molar refractivity (Wildman–Crippen MR) is 167 cm³/mol. The number of anilines is 1. The Kier molecular flexibility index (Phi) is 8.48. The number of nitrogens with one attached hydrogen (secondary N) is 2. The van der Waals surface area contributed by atoms with Gasteiger partial charge in [-0.25, -0.2) is 9.59 Å². The second-order valence-corrected chi connectivity index (χ2v) is 11.4. The number of carbonyl (C=O) groups is 3. The largest absolute Gasteiger partial charge is 0.465 e. The molecule has 1 aliphatic heterocycles. The van der Waals surface area contributed by atoms with E-state index in [1.807, 2.05) is 60.7 Å². The SMILES string of the molecule is C[C@H](NC(=O)OC1c2ccccc2-c2ccccc21)C(=O)Nc1ccc(C[C@@H]2CC[C@H]([C@H](O)c3cccnc3)N2C(=O)O)cc1. The van der Waals surface area contributed by atoms with Crippen LogP contribution in [0.1, 0.15) is 54.2 Å². The van der Waals surface area contributed by atoms with Crippen molar-refractivity contribution < 1.29 is 29.3 Å². The van der Waals surface area contributed by atoms with Crippen molar-refractivity contribution in [3.63, 3.8) is 0 Å². The number of likely N-dealkylation sites (tertiary alicyclic amines) is 1. The van der Waals surface area contributed by atoms with Crippen LogP contribution in [-0.2, 0) is 16.0 Å². The molecule has 4 N–H and O–H groups in total. The van der Waals surface area contributed by atoms with Gasteiger partial charge in [0.2, 0.25) is 5.91 Å². The van der Waals surface area contributed by atoms with Gasteiger partial charge in [-0.2, -0.15) is 0 Å². The Morgan fingerprint density at radius 3 is 2.22 bits per heavy atom. The first kappa shape index (κ1) is 29.8. The van der Waals surface area contributed by atoms with Crippen LogP contribution < -0.4 is 10.6 Å². The van der Waals surface area contributed by atoms with Crippen LogP contribution in [0.15, 0.2) is 97.3 Å².